The quantitative estimate of drug-likeness (QED) is 0.602. The molecule has 2 rings (SSSR count). The highest BCUT2D eigenvalue weighted by Gasteiger charge is 2.29. The molecule has 19 heavy (non-hydrogen) atoms. The Balaban J connectivity index is 2.09. The molecule has 1 saturated heterocycles. The zero-order chi connectivity index (χ0) is 13.9. The van der Waals surface area contributed by atoms with Crippen molar-refractivity contribution >= 4 is 11.6 Å². The van der Waals surface area contributed by atoms with Gasteiger partial charge in [-0.25, -0.2) is 4.99 Å². The minimum atomic E-state index is -4.33. The van der Waals surface area contributed by atoms with Gasteiger partial charge in [-0.3, -0.25) is 0 Å². The molecule has 1 aromatic rings. The minimum absolute atomic E-state index is 0.334. The first-order chi connectivity index (χ1) is 8.97. The molecule has 0 unspecified atom stereocenters. The van der Waals surface area contributed by atoms with E-state index in [2.05, 4.69) is 10.3 Å². The average molecular weight is 272 g/mol. The van der Waals surface area contributed by atoms with Crippen LogP contribution in [0.2, 0.25) is 0 Å². The molecule has 0 saturated carbocycles. The molecule has 0 bridgehead atoms. The lowest BCUT2D eigenvalue weighted by Gasteiger charge is -2.28. The number of hydrogen-bond acceptors (Lipinski definition) is 2. The van der Waals surface area contributed by atoms with Crippen LogP contribution in [0.25, 0.3) is 0 Å². The number of benzene rings is 1. The lowest BCUT2D eigenvalue weighted by atomic mass is 10.2. The molecular formula is C12H15F3N4. The van der Waals surface area contributed by atoms with Gasteiger partial charge in [-0.1, -0.05) is 0 Å². The number of aliphatic imine (C=N–C) groups is 1. The van der Waals surface area contributed by atoms with Gasteiger partial charge in [0, 0.05) is 26.2 Å². The van der Waals surface area contributed by atoms with Gasteiger partial charge < -0.3 is 16.0 Å². The topological polar surface area (TPSA) is 53.6 Å². The first-order valence-electron chi connectivity index (χ1n) is 5.94. The zero-order valence-corrected chi connectivity index (χ0v) is 10.2. The highest BCUT2D eigenvalue weighted by atomic mass is 19.4. The van der Waals surface area contributed by atoms with Gasteiger partial charge >= 0.3 is 6.18 Å². The second-order valence-electron chi connectivity index (χ2n) is 4.25. The van der Waals surface area contributed by atoms with Crippen LogP contribution in [0.15, 0.2) is 29.3 Å². The fourth-order valence-electron chi connectivity index (χ4n) is 1.82. The molecule has 104 valence electrons. The van der Waals surface area contributed by atoms with Crippen molar-refractivity contribution in [3.05, 3.63) is 29.8 Å². The Labute approximate surface area is 109 Å². The molecule has 1 fully saturated rings. The largest absolute Gasteiger partial charge is 0.416 e. The maximum Gasteiger partial charge on any atom is 0.416 e. The van der Waals surface area contributed by atoms with E-state index in [1.54, 1.807) is 0 Å². The Morgan fingerprint density at radius 2 is 1.74 bits per heavy atom. The predicted octanol–water partition coefficient (Wildman–Crippen LogP) is 1.56. The lowest BCUT2D eigenvalue weighted by Crippen LogP contribution is -2.49. The Hall–Kier alpha value is -1.76. The highest BCUT2D eigenvalue weighted by molar-refractivity contribution is 5.81. The van der Waals surface area contributed by atoms with E-state index in [1.165, 1.54) is 12.1 Å². The molecule has 3 N–H and O–H groups in total. The van der Waals surface area contributed by atoms with Crippen molar-refractivity contribution in [2.45, 2.75) is 6.18 Å². The van der Waals surface area contributed by atoms with Crippen LogP contribution >= 0.6 is 0 Å². The maximum absolute atomic E-state index is 12.4. The number of guanidine groups is 1. The smallest absolute Gasteiger partial charge is 0.369 e. The monoisotopic (exact) mass is 272 g/mol. The molecule has 7 heteroatoms. The zero-order valence-electron chi connectivity index (χ0n) is 10.2. The van der Waals surface area contributed by atoms with Gasteiger partial charge in [0.05, 0.1) is 11.3 Å². The fraction of sp³-hybridized carbons (Fsp3) is 0.417. The van der Waals surface area contributed by atoms with Gasteiger partial charge in [-0.2, -0.15) is 13.2 Å². The molecule has 1 aliphatic rings. The molecule has 1 heterocycles. The summed E-state index contributed by atoms with van der Waals surface area (Å²) in [6, 6.07) is 4.64. The molecule has 0 amide bonds. The van der Waals surface area contributed by atoms with Crippen molar-refractivity contribution in [1.29, 1.82) is 0 Å². The van der Waals surface area contributed by atoms with Crippen molar-refractivity contribution in [2.75, 3.05) is 26.2 Å². The normalized spacial score (nSPS) is 17.6. The summed E-state index contributed by atoms with van der Waals surface area (Å²) < 4.78 is 37.2. The third-order valence-corrected chi connectivity index (χ3v) is 2.88. The molecule has 0 aliphatic carbocycles. The second-order valence-corrected chi connectivity index (χ2v) is 4.25. The molecule has 0 atom stereocenters. The number of rotatable bonds is 1. The summed E-state index contributed by atoms with van der Waals surface area (Å²) in [5, 5.41) is 3.18. The first kappa shape index (κ1) is 13.7. The second kappa shape index (κ2) is 5.48. The molecule has 1 aliphatic heterocycles. The van der Waals surface area contributed by atoms with E-state index >= 15 is 0 Å². The van der Waals surface area contributed by atoms with Crippen LogP contribution < -0.4 is 11.1 Å². The predicted molar refractivity (Wildman–Crippen MR) is 67.2 cm³/mol. The summed E-state index contributed by atoms with van der Waals surface area (Å²) in [5.41, 5.74) is 5.56. The summed E-state index contributed by atoms with van der Waals surface area (Å²) >= 11 is 0. The van der Waals surface area contributed by atoms with E-state index in [1.807, 2.05) is 4.90 Å². The standard InChI is InChI=1S/C12H15F3N4/c13-12(14,15)9-1-3-10(4-2-9)18-11(16)19-7-5-17-6-8-19/h1-4,17H,5-8H2,(H2,16,18). The molecular weight excluding hydrogens is 257 g/mol. The Kier molecular flexibility index (Phi) is 3.94. The Morgan fingerprint density at radius 3 is 2.26 bits per heavy atom. The maximum atomic E-state index is 12.4. The van der Waals surface area contributed by atoms with Crippen molar-refractivity contribution in [1.82, 2.24) is 10.2 Å². The number of alkyl halides is 3. The van der Waals surface area contributed by atoms with Crippen molar-refractivity contribution in [3.63, 3.8) is 0 Å². The van der Waals surface area contributed by atoms with Crippen LogP contribution in [0.1, 0.15) is 5.56 Å². The van der Waals surface area contributed by atoms with Gasteiger partial charge in [0.1, 0.15) is 0 Å². The van der Waals surface area contributed by atoms with Crippen molar-refractivity contribution < 1.29 is 13.2 Å². The fourth-order valence-corrected chi connectivity index (χ4v) is 1.82. The van der Waals surface area contributed by atoms with Crippen molar-refractivity contribution in [3.8, 4) is 0 Å². The molecule has 0 radical (unpaired) electrons. The molecule has 4 nitrogen and oxygen atoms in total. The molecule has 1 aromatic carbocycles. The lowest BCUT2D eigenvalue weighted by molar-refractivity contribution is -0.137. The van der Waals surface area contributed by atoms with Crippen LogP contribution in [-0.2, 0) is 6.18 Å². The minimum Gasteiger partial charge on any atom is -0.369 e. The number of nitrogens with two attached hydrogens (primary N) is 1. The first-order valence-corrected chi connectivity index (χ1v) is 5.94. The van der Waals surface area contributed by atoms with E-state index in [0.29, 0.717) is 11.6 Å². The van der Waals surface area contributed by atoms with Gasteiger partial charge in [0.25, 0.3) is 0 Å². The third-order valence-electron chi connectivity index (χ3n) is 2.88. The van der Waals surface area contributed by atoms with Gasteiger partial charge in [-0.05, 0) is 24.3 Å². The third kappa shape index (κ3) is 3.60. The number of nitrogens with zero attached hydrogens (tertiary/aromatic N) is 2. The molecule has 0 spiro atoms. The van der Waals surface area contributed by atoms with Gasteiger partial charge in [0.2, 0.25) is 0 Å². The van der Waals surface area contributed by atoms with Crippen LogP contribution in [-0.4, -0.2) is 37.0 Å². The van der Waals surface area contributed by atoms with E-state index in [0.717, 1.165) is 38.3 Å². The Bertz CT molecular complexity index is 447. The summed E-state index contributed by atoms with van der Waals surface area (Å²) in [6.45, 7) is 3.14. The summed E-state index contributed by atoms with van der Waals surface area (Å²) in [7, 11) is 0. The summed E-state index contributed by atoms with van der Waals surface area (Å²) in [6.07, 6.45) is -4.33. The van der Waals surface area contributed by atoms with Crippen LogP contribution in [0.3, 0.4) is 0 Å². The van der Waals surface area contributed by atoms with Crippen LogP contribution in [0.5, 0.6) is 0 Å². The Morgan fingerprint density at radius 1 is 1.16 bits per heavy atom. The van der Waals surface area contributed by atoms with Crippen LogP contribution in [0, 0.1) is 0 Å². The van der Waals surface area contributed by atoms with Gasteiger partial charge in [0.15, 0.2) is 5.96 Å². The number of piperazine rings is 1. The van der Waals surface area contributed by atoms with E-state index in [-0.39, 0.29) is 0 Å². The number of nitrogens with one attached hydrogen (secondary N) is 1. The van der Waals surface area contributed by atoms with E-state index in [9.17, 15) is 13.2 Å². The van der Waals surface area contributed by atoms with Crippen LogP contribution in [0.4, 0.5) is 18.9 Å². The SMILES string of the molecule is NC(=Nc1ccc(C(F)(F)F)cc1)N1CCNCC1. The summed E-state index contributed by atoms with van der Waals surface area (Å²) in [5.74, 6) is 0.334. The van der Waals surface area contributed by atoms with E-state index < -0.39 is 11.7 Å². The highest BCUT2D eigenvalue weighted by Crippen LogP contribution is 2.30. The number of hydrogen-bond donors (Lipinski definition) is 2. The van der Waals surface area contributed by atoms with Crippen molar-refractivity contribution in [2.24, 2.45) is 10.7 Å². The number of halogens is 3. The van der Waals surface area contributed by atoms with Gasteiger partial charge in [-0.15, -0.1) is 0 Å². The molecule has 0 aromatic heterocycles. The average Bonchev–Trinajstić information content (AvgIpc) is 2.39. The van der Waals surface area contributed by atoms with E-state index in [4.69, 9.17) is 5.73 Å². The summed E-state index contributed by atoms with van der Waals surface area (Å²) in [4.78, 5) is 6.03.